The third-order valence-corrected chi connectivity index (χ3v) is 6.67. The van der Waals surface area contributed by atoms with Gasteiger partial charge < -0.3 is 19.7 Å². The van der Waals surface area contributed by atoms with Crippen LogP contribution in [0, 0.1) is 13.8 Å². The summed E-state index contributed by atoms with van der Waals surface area (Å²) in [7, 11) is 0. The van der Waals surface area contributed by atoms with E-state index in [1.54, 1.807) is 0 Å². The molecule has 0 radical (unpaired) electrons. The lowest BCUT2D eigenvalue weighted by Crippen LogP contribution is -2.48. The standard InChI is InChI=1S/C26H34N2O3/c1-19-16-20(2)18-23(17-19)26(8-12-30-13-9-26)25(29)27-21(3)22-4-6-24(7-5-22)28-10-14-31-15-11-28/h4-7,16-18,21H,8-15H2,1-3H3,(H,27,29). The number of nitrogens with zero attached hydrogens (tertiary/aromatic N) is 1. The second-order valence-corrected chi connectivity index (χ2v) is 8.96. The minimum Gasteiger partial charge on any atom is -0.381 e. The van der Waals surface area contributed by atoms with Gasteiger partial charge in [-0.3, -0.25) is 4.79 Å². The van der Waals surface area contributed by atoms with E-state index in [1.165, 1.54) is 16.8 Å². The number of carbonyl (C=O) groups is 1. The fraction of sp³-hybridized carbons (Fsp3) is 0.500. The molecule has 2 aliphatic rings. The molecule has 4 rings (SSSR count). The highest BCUT2D eigenvalue weighted by atomic mass is 16.5. The van der Waals surface area contributed by atoms with Crippen LogP contribution in [0.3, 0.4) is 0 Å². The predicted molar refractivity (Wildman–Crippen MR) is 124 cm³/mol. The molecule has 5 nitrogen and oxygen atoms in total. The van der Waals surface area contributed by atoms with Gasteiger partial charge in [0.2, 0.25) is 5.91 Å². The lowest BCUT2D eigenvalue weighted by molar-refractivity contribution is -0.131. The Labute approximate surface area is 185 Å². The highest BCUT2D eigenvalue weighted by Gasteiger charge is 2.42. The van der Waals surface area contributed by atoms with Crippen molar-refractivity contribution in [3.05, 3.63) is 64.7 Å². The van der Waals surface area contributed by atoms with Crippen LogP contribution in [0.5, 0.6) is 0 Å². The normalized spacial score (nSPS) is 19.6. The van der Waals surface area contributed by atoms with Gasteiger partial charge in [-0.1, -0.05) is 41.5 Å². The van der Waals surface area contributed by atoms with Crippen LogP contribution in [-0.4, -0.2) is 45.4 Å². The molecular weight excluding hydrogens is 388 g/mol. The van der Waals surface area contributed by atoms with Crippen molar-refractivity contribution in [2.75, 3.05) is 44.4 Å². The second-order valence-electron chi connectivity index (χ2n) is 8.96. The van der Waals surface area contributed by atoms with Crippen molar-refractivity contribution >= 4 is 11.6 Å². The Balaban J connectivity index is 1.51. The Morgan fingerprint density at radius 1 is 0.935 bits per heavy atom. The average Bonchev–Trinajstić information content (AvgIpc) is 2.79. The summed E-state index contributed by atoms with van der Waals surface area (Å²) in [6.45, 7) is 10.9. The highest BCUT2D eigenvalue weighted by molar-refractivity contribution is 5.89. The summed E-state index contributed by atoms with van der Waals surface area (Å²) in [5, 5.41) is 3.32. The fourth-order valence-corrected chi connectivity index (χ4v) is 4.83. The van der Waals surface area contributed by atoms with Gasteiger partial charge in [-0.2, -0.15) is 0 Å². The van der Waals surface area contributed by atoms with Crippen LogP contribution >= 0.6 is 0 Å². The topological polar surface area (TPSA) is 50.8 Å². The van der Waals surface area contributed by atoms with Crippen LogP contribution in [-0.2, 0) is 19.7 Å². The van der Waals surface area contributed by atoms with Gasteiger partial charge in [0.15, 0.2) is 0 Å². The molecule has 0 saturated carbocycles. The molecule has 0 aliphatic carbocycles. The fourth-order valence-electron chi connectivity index (χ4n) is 4.83. The van der Waals surface area contributed by atoms with Crippen molar-refractivity contribution in [3.63, 3.8) is 0 Å². The number of nitrogens with one attached hydrogen (secondary N) is 1. The Morgan fingerprint density at radius 2 is 1.52 bits per heavy atom. The van der Waals surface area contributed by atoms with E-state index in [0.29, 0.717) is 26.1 Å². The summed E-state index contributed by atoms with van der Waals surface area (Å²) >= 11 is 0. The van der Waals surface area contributed by atoms with Gasteiger partial charge >= 0.3 is 0 Å². The number of benzene rings is 2. The maximum absolute atomic E-state index is 13.7. The summed E-state index contributed by atoms with van der Waals surface area (Å²) in [6.07, 6.45) is 1.43. The SMILES string of the molecule is Cc1cc(C)cc(C2(C(=O)NC(C)c3ccc(N4CCOCC4)cc3)CCOCC2)c1. The van der Waals surface area contributed by atoms with Crippen molar-refractivity contribution in [2.24, 2.45) is 0 Å². The number of hydrogen-bond donors (Lipinski definition) is 1. The zero-order valence-corrected chi connectivity index (χ0v) is 18.9. The summed E-state index contributed by atoms with van der Waals surface area (Å²) < 4.78 is 11.1. The summed E-state index contributed by atoms with van der Waals surface area (Å²) in [6, 6.07) is 15.0. The molecule has 1 N–H and O–H groups in total. The number of amides is 1. The predicted octanol–water partition coefficient (Wildman–Crippen LogP) is 4.07. The molecule has 0 spiro atoms. The van der Waals surface area contributed by atoms with Crippen molar-refractivity contribution in [1.29, 1.82) is 0 Å². The zero-order chi connectivity index (χ0) is 21.8. The van der Waals surface area contributed by atoms with Gasteiger partial charge in [0, 0.05) is 32.0 Å². The van der Waals surface area contributed by atoms with Crippen LogP contribution in [0.1, 0.15) is 48.1 Å². The molecule has 31 heavy (non-hydrogen) atoms. The van der Waals surface area contributed by atoms with Crippen LogP contribution < -0.4 is 10.2 Å². The molecule has 0 aromatic heterocycles. The van der Waals surface area contributed by atoms with E-state index in [1.807, 2.05) is 0 Å². The van der Waals surface area contributed by atoms with Crippen molar-refractivity contribution in [3.8, 4) is 0 Å². The van der Waals surface area contributed by atoms with E-state index in [0.717, 1.165) is 37.4 Å². The Hall–Kier alpha value is -2.37. The molecule has 166 valence electrons. The van der Waals surface area contributed by atoms with Crippen LogP contribution in [0.4, 0.5) is 5.69 Å². The first kappa shape index (κ1) is 21.8. The molecule has 2 fully saturated rings. The zero-order valence-electron chi connectivity index (χ0n) is 18.9. The quantitative estimate of drug-likeness (QED) is 0.789. The Morgan fingerprint density at radius 3 is 2.13 bits per heavy atom. The molecule has 2 saturated heterocycles. The van der Waals surface area contributed by atoms with Gasteiger partial charge in [-0.15, -0.1) is 0 Å². The molecule has 2 aliphatic heterocycles. The first-order valence-electron chi connectivity index (χ1n) is 11.4. The first-order valence-corrected chi connectivity index (χ1v) is 11.4. The number of morpholine rings is 1. The molecule has 2 aromatic rings. The number of anilines is 1. The van der Waals surface area contributed by atoms with Crippen molar-refractivity contribution in [1.82, 2.24) is 5.32 Å². The third-order valence-electron chi connectivity index (χ3n) is 6.67. The van der Waals surface area contributed by atoms with Crippen molar-refractivity contribution in [2.45, 2.75) is 45.1 Å². The van der Waals surface area contributed by atoms with E-state index in [-0.39, 0.29) is 11.9 Å². The Kier molecular flexibility index (Phi) is 6.63. The number of hydrogen-bond acceptors (Lipinski definition) is 4. The smallest absolute Gasteiger partial charge is 0.231 e. The third kappa shape index (κ3) is 4.78. The van der Waals surface area contributed by atoms with E-state index in [9.17, 15) is 4.79 Å². The first-order chi connectivity index (χ1) is 15.0. The number of rotatable bonds is 5. The largest absolute Gasteiger partial charge is 0.381 e. The Bertz CT molecular complexity index is 877. The second kappa shape index (κ2) is 9.41. The number of carbonyl (C=O) groups excluding carboxylic acids is 1. The van der Waals surface area contributed by atoms with E-state index < -0.39 is 5.41 Å². The lowest BCUT2D eigenvalue weighted by atomic mass is 9.72. The van der Waals surface area contributed by atoms with E-state index in [2.05, 4.69) is 73.5 Å². The van der Waals surface area contributed by atoms with Gasteiger partial charge in [0.05, 0.1) is 24.7 Å². The van der Waals surface area contributed by atoms with Gasteiger partial charge in [-0.05, 0) is 56.9 Å². The monoisotopic (exact) mass is 422 g/mol. The van der Waals surface area contributed by atoms with Crippen LogP contribution in [0.2, 0.25) is 0 Å². The summed E-state index contributed by atoms with van der Waals surface area (Å²) in [5.74, 6) is 0.102. The summed E-state index contributed by atoms with van der Waals surface area (Å²) in [5.41, 5.74) is 5.30. The van der Waals surface area contributed by atoms with Crippen molar-refractivity contribution < 1.29 is 14.3 Å². The maximum atomic E-state index is 13.7. The average molecular weight is 423 g/mol. The molecule has 2 aromatic carbocycles. The minimum absolute atomic E-state index is 0.0585. The van der Waals surface area contributed by atoms with Gasteiger partial charge in [-0.25, -0.2) is 0 Å². The molecule has 0 bridgehead atoms. The molecule has 2 heterocycles. The molecular formula is C26H34N2O3. The highest BCUT2D eigenvalue weighted by Crippen LogP contribution is 2.37. The molecule has 1 unspecified atom stereocenters. The number of ether oxygens (including phenoxy) is 2. The molecule has 5 heteroatoms. The van der Waals surface area contributed by atoms with Gasteiger partial charge in [0.1, 0.15) is 0 Å². The van der Waals surface area contributed by atoms with Crippen LogP contribution in [0.15, 0.2) is 42.5 Å². The van der Waals surface area contributed by atoms with Gasteiger partial charge in [0.25, 0.3) is 0 Å². The van der Waals surface area contributed by atoms with E-state index >= 15 is 0 Å². The minimum atomic E-state index is -0.531. The summed E-state index contributed by atoms with van der Waals surface area (Å²) in [4.78, 5) is 16.0. The molecule has 1 atom stereocenters. The van der Waals surface area contributed by atoms with E-state index in [4.69, 9.17) is 9.47 Å². The van der Waals surface area contributed by atoms with Crippen LogP contribution in [0.25, 0.3) is 0 Å². The lowest BCUT2D eigenvalue weighted by Gasteiger charge is -2.37. The maximum Gasteiger partial charge on any atom is 0.231 e. The number of aryl methyl sites for hydroxylation is 2. The molecule has 1 amide bonds.